The minimum absolute atomic E-state index is 0.322. The van der Waals surface area contributed by atoms with Crippen molar-refractivity contribution < 1.29 is 0 Å². The Kier molecular flexibility index (Phi) is 1.66. The van der Waals surface area contributed by atoms with Gasteiger partial charge >= 0.3 is 0 Å². The van der Waals surface area contributed by atoms with Gasteiger partial charge in [-0.05, 0) is 41.0 Å². The molecule has 1 aromatic rings. The van der Waals surface area contributed by atoms with Crippen molar-refractivity contribution in [3.05, 3.63) is 29.3 Å². The zero-order valence-corrected chi connectivity index (χ0v) is 8.59. The normalized spacial score (nSPS) is 24.4. The smallest absolute Gasteiger partial charge is 0.0316 e. The molecule has 0 aromatic heterocycles. The van der Waals surface area contributed by atoms with Gasteiger partial charge in [0.05, 0.1) is 0 Å². The Balaban J connectivity index is 2.55. The van der Waals surface area contributed by atoms with E-state index in [4.69, 9.17) is 5.73 Å². The second-order valence-electron chi connectivity index (χ2n) is 4.74. The molecule has 0 aliphatic heterocycles. The molecule has 70 valence electrons. The molecule has 1 aromatic carbocycles. The first-order valence-electron chi connectivity index (χ1n) is 4.90. The number of hydrogen-bond acceptors (Lipinski definition) is 1. The van der Waals surface area contributed by atoms with E-state index >= 15 is 0 Å². The maximum Gasteiger partial charge on any atom is 0.0316 e. The van der Waals surface area contributed by atoms with Gasteiger partial charge in [0.25, 0.3) is 0 Å². The molecule has 1 heteroatoms. The summed E-state index contributed by atoms with van der Waals surface area (Å²) in [7, 11) is 0. The van der Waals surface area contributed by atoms with Crippen LogP contribution in [0.25, 0.3) is 0 Å². The first-order valence-corrected chi connectivity index (χ1v) is 4.90. The Morgan fingerprint density at radius 2 is 2.08 bits per heavy atom. The van der Waals surface area contributed by atoms with Crippen LogP contribution in [0.2, 0.25) is 0 Å². The Morgan fingerprint density at radius 1 is 1.38 bits per heavy atom. The lowest BCUT2D eigenvalue weighted by Gasteiger charge is -2.24. The highest BCUT2D eigenvalue weighted by atomic mass is 14.5. The van der Waals surface area contributed by atoms with Crippen molar-refractivity contribution in [1.82, 2.24) is 0 Å². The fraction of sp³-hybridized carbons (Fsp3) is 0.500. The van der Waals surface area contributed by atoms with Gasteiger partial charge in [-0.15, -0.1) is 0 Å². The van der Waals surface area contributed by atoms with Gasteiger partial charge in [0.15, 0.2) is 0 Å². The number of anilines is 1. The molecule has 1 aliphatic rings. The molecule has 2 rings (SSSR count). The van der Waals surface area contributed by atoms with E-state index in [0.29, 0.717) is 5.41 Å². The largest absolute Gasteiger partial charge is 0.399 e. The molecule has 1 aliphatic carbocycles. The van der Waals surface area contributed by atoms with Crippen molar-refractivity contribution in [3.63, 3.8) is 0 Å². The van der Waals surface area contributed by atoms with E-state index in [-0.39, 0.29) is 0 Å². The molecule has 1 atom stereocenters. The molecule has 0 radical (unpaired) electrons. The number of fused-ring (bicyclic) bond motifs is 1. The van der Waals surface area contributed by atoms with Crippen LogP contribution in [0.4, 0.5) is 5.69 Å². The van der Waals surface area contributed by atoms with E-state index in [1.807, 2.05) is 6.07 Å². The highest BCUT2D eigenvalue weighted by Crippen LogP contribution is 2.42. The van der Waals surface area contributed by atoms with Crippen molar-refractivity contribution in [3.8, 4) is 0 Å². The fourth-order valence-electron chi connectivity index (χ4n) is 2.26. The third-order valence-electron chi connectivity index (χ3n) is 3.58. The molecule has 0 fully saturated rings. The molecule has 1 nitrogen and oxygen atoms in total. The van der Waals surface area contributed by atoms with Gasteiger partial charge in [0.1, 0.15) is 0 Å². The third-order valence-corrected chi connectivity index (χ3v) is 3.58. The van der Waals surface area contributed by atoms with Crippen molar-refractivity contribution in [1.29, 1.82) is 0 Å². The highest BCUT2D eigenvalue weighted by molar-refractivity contribution is 5.49. The second-order valence-corrected chi connectivity index (χ2v) is 4.74. The van der Waals surface area contributed by atoms with Crippen LogP contribution in [0.5, 0.6) is 0 Å². The third kappa shape index (κ3) is 1.14. The van der Waals surface area contributed by atoms with Crippen LogP contribution in [-0.4, -0.2) is 0 Å². The molecule has 2 N–H and O–H groups in total. The topological polar surface area (TPSA) is 26.0 Å². The van der Waals surface area contributed by atoms with Crippen molar-refractivity contribution >= 4 is 5.69 Å². The van der Waals surface area contributed by atoms with E-state index in [1.165, 1.54) is 17.5 Å². The number of nitrogens with two attached hydrogens (primary N) is 1. The lowest BCUT2D eigenvalue weighted by molar-refractivity contribution is 0.379. The van der Waals surface area contributed by atoms with Gasteiger partial charge < -0.3 is 5.73 Å². The predicted octanol–water partition coefficient (Wildman–Crippen LogP) is 2.74. The molecule has 1 unspecified atom stereocenters. The molecule has 0 saturated carbocycles. The number of rotatable bonds is 0. The monoisotopic (exact) mass is 175 g/mol. The summed E-state index contributed by atoms with van der Waals surface area (Å²) < 4.78 is 0. The van der Waals surface area contributed by atoms with Gasteiger partial charge in [0.2, 0.25) is 0 Å². The molecule has 0 bridgehead atoms. The molecule has 0 spiro atoms. The van der Waals surface area contributed by atoms with E-state index in [0.717, 1.165) is 11.6 Å². The van der Waals surface area contributed by atoms with Crippen LogP contribution in [0.3, 0.4) is 0 Å². The van der Waals surface area contributed by atoms with Crippen molar-refractivity contribution in [2.24, 2.45) is 5.92 Å². The minimum Gasteiger partial charge on any atom is -0.399 e. The van der Waals surface area contributed by atoms with Gasteiger partial charge in [-0.3, -0.25) is 0 Å². The maximum atomic E-state index is 5.76. The van der Waals surface area contributed by atoms with Crippen LogP contribution in [0.1, 0.15) is 31.9 Å². The Labute approximate surface area is 80.0 Å². The summed E-state index contributed by atoms with van der Waals surface area (Å²) in [5.41, 5.74) is 9.90. The Bertz CT molecular complexity index is 339. The average Bonchev–Trinajstić information content (AvgIpc) is 2.23. The summed E-state index contributed by atoms with van der Waals surface area (Å²) in [4.78, 5) is 0. The first-order chi connectivity index (χ1) is 6.01. The Morgan fingerprint density at radius 3 is 2.77 bits per heavy atom. The van der Waals surface area contributed by atoms with Gasteiger partial charge in [-0.1, -0.05) is 26.8 Å². The van der Waals surface area contributed by atoms with Gasteiger partial charge in [0, 0.05) is 5.69 Å². The van der Waals surface area contributed by atoms with Crippen molar-refractivity contribution in [2.75, 3.05) is 5.73 Å². The molecule has 13 heavy (non-hydrogen) atoms. The summed E-state index contributed by atoms with van der Waals surface area (Å²) in [6.45, 7) is 6.95. The second kappa shape index (κ2) is 2.50. The van der Waals surface area contributed by atoms with Gasteiger partial charge in [-0.25, -0.2) is 0 Å². The van der Waals surface area contributed by atoms with Crippen LogP contribution in [0, 0.1) is 5.92 Å². The highest BCUT2D eigenvalue weighted by Gasteiger charge is 2.35. The first kappa shape index (κ1) is 8.61. The van der Waals surface area contributed by atoms with Crippen LogP contribution < -0.4 is 5.73 Å². The zero-order valence-electron chi connectivity index (χ0n) is 8.59. The standard InChI is InChI=1S/C12H17N/c1-8-6-9-7-10(13)4-5-11(9)12(8,2)3/h4-5,7-8H,6,13H2,1-3H3. The summed E-state index contributed by atoms with van der Waals surface area (Å²) in [6, 6.07) is 6.33. The summed E-state index contributed by atoms with van der Waals surface area (Å²) >= 11 is 0. The molecular formula is C12H17N. The lowest BCUT2D eigenvalue weighted by atomic mass is 9.80. The minimum atomic E-state index is 0.322. The maximum absolute atomic E-state index is 5.76. The van der Waals surface area contributed by atoms with Crippen LogP contribution in [-0.2, 0) is 11.8 Å². The SMILES string of the molecule is CC1Cc2cc(N)ccc2C1(C)C. The molecule has 0 heterocycles. The van der Waals surface area contributed by atoms with Crippen LogP contribution >= 0.6 is 0 Å². The number of benzene rings is 1. The van der Waals surface area contributed by atoms with Crippen LogP contribution in [0.15, 0.2) is 18.2 Å². The fourth-order valence-corrected chi connectivity index (χ4v) is 2.26. The molecule has 0 saturated heterocycles. The zero-order chi connectivity index (χ0) is 9.64. The van der Waals surface area contributed by atoms with E-state index in [9.17, 15) is 0 Å². The predicted molar refractivity (Wildman–Crippen MR) is 56.7 cm³/mol. The number of hydrogen-bond donors (Lipinski definition) is 1. The summed E-state index contributed by atoms with van der Waals surface area (Å²) in [5.74, 6) is 0.726. The lowest BCUT2D eigenvalue weighted by Crippen LogP contribution is -2.21. The molecular weight excluding hydrogens is 158 g/mol. The summed E-state index contributed by atoms with van der Waals surface area (Å²) in [5, 5.41) is 0. The average molecular weight is 175 g/mol. The van der Waals surface area contributed by atoms with Crippen molar-refractivity contribution in [2.45, 2.75) is 32.6 Å². The summed E-state index contributed by atoms with van der Waals surface area (Å²) in [6.07, 6.45) is 1.17. The quantitative estimate of drug-likeness (QED) is 0.603. The molecule has 0 amide bonds. The van der Waals surface area contributed by atoms with Gasteiger partial charge in [-0.2, -0.15) is 0 Å². The van der Waals surface area contributed by atoms with E-state index in [2.05, 4.69) is 32.9 Å². The number of nitrogen functional groups attached to an aromatic ring is 1. The van der Waals surface area contributed by atoms with E-state index in [1.54, 1.807) is 0 Å². The van der Waals surface area contributed by atoms with E-state index < -0.39 is 0 Å². The Hall–Kier alpha value is -0.980.